The summed E-state index contributed by atoms with van der Waals surface area (Å²) in [4.78, 5) is 10.4. The second kappa shape index (κ2) is 6.35. The summed E-state index contributed by atoms with van der Waals surface area (Å²) in [5.41, 5.74) is 0. The fourth-order valence-electron chi connectivity index (χ4n) is 0.753. The van der Waals surface area contributed by atoms with Crippen molar-refractivity contribution < 1.29 is 9.53 Å². The zero-order valence-corrected chi connectivity index (χ0v) is 7.67. The number of hydrogen-bond acceptors (Lipinski definition) is 2. The summed E-state index contributed by atoms with van der Waals surface area (Å²) in [6.07, 6.45) is 2.84. The van der Waals surface area contributed by atoms with Gasteiger partial charge in [-0.15, -0.1) is 0 Å². The smallest absolute Gasteiger partial charge is 0.149 e. The van der Waals surface area contributed by atoms with Crippen LogP contribution in [0.25, 0.3) is 0 Å². The predicted octanol–water partition coefficient (Wildman–Crippen LogP) is 2.03. The molecule has 2 heteroatoms. The van der Waals surface area contributed by atoms with Gasteiger partial charge < -0.3 is 9.53 Å². The molecule has 0 saturated heterocycles. The van der Waals surface area contributed by atoms with Crippen molar-refractivity contribution >= 4 is 6.29 Å². The molecule has 0 aromatic rings. The van der Waals surface area contributed by atoms with E-state index in [1.807, 2.05) is 13.8 Å². The van der Waals surface area contributed by atoms with E-state index >= 15 is 0 Å². The van der Waals surface area contributed by atoms with E-state index in [1.165, 1.54) is 0 Å². The van der Waals surface area contributed by atoms with Gasteiger partial charge in [-0.3, -0.25) is 0 Å². The van der Waals surface area contributed by atoms with Gasteiger partial charge in [0.15, 0.2) is 0 Å². The lowest BCUT2D eigenvalue weighted by Gasteiger charge is -2.14. The van der Waals surface area contributed by atoms with Crippen LogP contribution in [0, 0.1) is 5.92 Å². The second-order valence-corrected chi connectivity index (χ2v) is 3.07. The van der Waals surface area contributed by atoms with Gasteiger partial charge in [0.1, 0.15) is 12.4 Å². The molecule has 0 spiro atoms. The maximum absolute atomic E-state index is 10.4. The Morgan fingerprint density at radius 1 is 1.45 bits per heavy atom. The largest absolute Gasteiger partial charge is 0.370 e. The number of ether oxygens (including phenoxy) is 1. The molecule has 1 unspecified atom stereocenters. The van der Waals surface area contributed by atoms with E-state index in [0.717, 1.165) is 19.1 Å². The van der Waals surface area contributed by atoms with Crippen molar-refractivity contribution in [2.45, 2.75) is 39.7 Å². The summed E-state index contributed by atoms with van der Waals surface area (Å²) < 4.78 is 5.33. The summed E-state index contributed by atoms with van der Waals surface area (Å²) in [7, 11) is 0. The van der Waals surface area contributed by atoms with Crippen LogP contribution in [0.4, 0.5) is 0 Å². The van der Waals surface area contributed by atoms with Crippen molar-refractivity contribution in [2.24, 2.45) is 5.92 Å². The molecule has 0 aromatic heterocycles. The molecular weight excluding hydrogens is 140 g/mol. The van der Waals surface area contributed by atoms with Crippen LogP contribution < -0.4 is 0 Å². The van der Waals surface area contributed by atoms with Crippen LogP contribution in [0.5, 0.6) is 0 Å². The van der Waals surface area contributed by atoms with Crippen molar-refractivity contribution in [3.63, 3.8) is 0 Å². The highest BCUT2D eigenvalue weighted by atomic mass is 16.5. The van der Waals surface area contributed by atoms with Crippen LogP contribution in [0.15, 0.2) is 0 Å². The molecule has 2 nitrogen and oxygen atoms in total. The lowest BCUT2D eigenvalue weighted by atomic mass is 10.1. The molecule has 0 aliphatic heterocycles. The Hall–Kier alpha value is -0.370. The van der Waals surface area contributed by atoms with E-state index in [9.17, 15) is 4.79 Å². The number of carbonyl (C=O) groups excluding carboxylic acids is 1. The molecule has 0 saturated carbocycles. The maximum atomic E-state index is 10.4. The number of hydrogen-bond donors (Lipinski definition) is 0. The third-order valence-electron chi connectivity index (χ3n) is 1.60. The van der Waals surface area contributed by atoms with E-state index in [-0.39, 0.29) is 6.10 Å². The Labute approximate surface area is 68.9 Å². The van der Waals surface area contributed by atoms with Crippen molar-refractivity contribution in [3.05, 3.63) is 0 Å². The predicted molar refractivity (Wildman–Crippen MR) is 45.6 cm³/mol. The van der Waals surface area contributed by atoms with Crippen molar-refractivity contribution in [1.29, 1.82) is 0 Å². The summed E-state index contributed by atoms with van der Waals surface area (Å²) in [6.45, 7) is 6.79. The molecule has 0 N–H and O–H groups in total. The first-order valence-electron chi connectivity index (χ1n) is 4.29. The van der Waals surface area contributed by atoms with Crippen molar-refractivity contribution in [1.82, 2.24) is 0 Å². The average Bonchev–Trinajstić information content (AvgIpc) is 1.97. The average molecular weight is 158 g/mol. The fraction of sp³-hybridized carbons (Fsp3) is 0.889. The van der Waals surface area contributed by atoms with Crippen LogP contribution in [0.1, 0.15) is 33.6 Å². The Morgan fingerprint density at radius 2 is 2.09 bits per heavy atom. The monoisotopic (exact) mass is 158 g/mol. The van der Waals surface area contributed by atoms with Gasteiger partial charge in [-0.1, -0.05) is 27.2 Å². The van der Waals surface area contributed by atoms with Gasteiger partial charge in [0.2, 0.25) is 0 Å². The van der Waals surface area contributed by atoms with Crippen molar-refractivity contribution in [2.75, 3.05) is 6.61 Å². The normalized spacial score (nSPS) is 13.5. The lowest BCUT2D eigenvalue weighted by Crippen LogP contribution is -2.21. The first kappa shape index (κ1) is 10.6. The highest BCUT2D eigenvalue weighted by molar-refractivity contribution is 5.56. The van der Waals surface area contributed by atoms with Gasteiger partial charge in [0, 0.05) is 6.61 Å². The van der Waals surface area contributed by atoms with Crippen LogP contribution in [-0.2, 0) is 9.53 Å². The third-order valence-corrected chi connectivity index (χ3v) is 1.60. The topological polar surface area (TPSA) is 26.3 Å². The number of aldehydes is 1. The molecule has 0 amide bonds. The SMILES string of the molecule is CCCCOC(C=O)C(C)C. The molecule has 0 bridgehead atoms. The Morgan fingerprint density at radius 3 is 2.45 bits per heavy atom. The Balaban J connectivity index is 3.44. The quantitative estimate of drug-likeness (QED) is 0.436. The first-order valence-corrected chi connectivity index (χ1v) is 4.29. The fourth-order valence-corrected chi connectivity index (χ4v) is 0.753. The summed E-state index contributed by atoms with van der Waals surface area (Å²) in [5, 5.41) is 0. The van der Waals surface area contributed by atoms with Gasteiger partial charge in [0.25, 0.3) is 0 Å². The molecule has 1 atom stereocenters. The molecule has 0 aromatic carbocycles. The molecule has 0 fully saturated rings. The van der Waals surface area contributed by atoms with E-state index in [4.69, 9.17) is 4.74 Å². The van der Waals surface area contributed by atoms with Crippen LogP contribution >= 0.6 is 0 Å². The van der Waals surface area contributed by atoms with E-state index in [0.29, 0.717) is 12.5 Å². The number of carbonyl (C=O) groups is 1. The van der Waals surface area contributed by atoms with Gasteiger partial charge in [-0.2, -0.15) is 0 Å². The Bertz CT molecular complexity index is 99.7. The zero-order valence-electron chi connectivity index (χ0n) is 7.67. The third kappa shape index (κ3) is 4.96. The standard InChI is InChI=1S/C9H18O2/c1-4-5-6-11-9(7-10)8(2)3/h7-9H,4-6H2,1-3H3. The maximum Gasteiger partial charge on any atom is 0.149 e. The molecule has 0 heterocycles. The minimum atomic E-state index is -0.207. The van der Waals surface area contributed by atoms with Gasteiger partial charge in [-0.25, -0.2) is 0 Å². The minimum Gasteiger partial charge on any atom is -0.370 e. The molecule has 11 heavy (non-hydrogen) atoms. The summed E-state index contributed by atoms with van der Waals surface area (Å²) in [5.74, 6) is 0.296. The highest BCUT2D eigenvalue weighted by Crippen LogP contribution is 2.04. The van der Waals surface area contributed by atoms with E-state index < -0.39 is 0 Å². The number of unbranched alkanes of at least 4 members (excludes halogenated alkanes) is 1. The summed E-state index contributed by atoms with van der Waals surface area (Å²) in [6, 6.07) is 0. The van der Waals surface area contributed by atoms with Crippen molar-refractivity contribution in [3.8, 4) is 0 Å². The zero-order chi connectivity index (χ0) is 8.69. The van der Waals surface area contributed by atoms with Gasteiger partial charge in [0.05, 0.1) is 0 Å². The van der Waals surface area contributed by atoms with Gasteiger partial charge >= 0.3 is 0 Å². The van der Waals surface area contributed by atoms with E-state index in [1.54, 1.807) is 0 Å². The second-order valence-electron chi connectivity index (χ2n) is 3.07. The van der Waals surface area contributed by atoms with Gasteiger partial charge in [-0.05, 0) is 12.3 Å². The van der Waals surface area contributed by atoms with Crippen LogP contribution in [-0.4, -0.2) is 19.0 Å². The molecule has 66 valence electrons. The number of rotatable bonds is 6. The minimum absolute atomic E-state index is 0.207. The van der Waals surface area contributed by atoms with E-state index in [2.05, 4.69) is 6.92 Å². The lowest BCUT2D eigenvalue weighted by molar-refractivity contribution is -0.120. The molecule has 0 radical (unpaired) electrons. The Kier molecular flexibility index (Phi) is 6.13. The highest BCUT2D eigenvalue weighted by Gasteiger charge is 2.10. The molecular formula is C9H18O2. The first-order chi connectivity index (χ1) is 5.22. The van der Waals surface area contributed by atoms with Crippen LogP contribution in [0.2, 0.25) is 0 Å². The molecule has 0 rings (SSSR count). The van der Waals surface area contributed by atoms with Crippen LogP contribution in [0.3, 0.4) is 0 Å². The molecule has 0 aliphatic rings. The molecule has 0 aliphatic carbocycles. The summed E-state index contributed by atoms with van der Waals surface area (Å²) >= 11 is 0.